The van der Waals surface area contributed by atoms with Gasteiger partial charge in [-0.25, -0.2) is 4.98 Å². The Labute approximate surface area is 168 Å². The molecule has 0 aliphatic heterocycles. The number of ether oxygens (including phenoxy) is 2. The number of carbonyl (C=O) groups is 2. The quantitative estimate of drug-likeness (QED) is 0.569. The summed E-state index contributed by atoms with van der Waals surface area (Å²) in [4.78, 5) is 32.1. The summed E-state index contributed by atoms with van der Waals surface area (Å²) in [5, 5.41) is 6.33. The summed E-state index contributed by atoms with van der Waals surface area (Å²) in [6.45, 7) is 3.79. The maximum absolute atomic E-state index is 12.5. The smallest absolute Gasteiger partial charge is 0.253 e. The van der Waals surface area contributed by atoms with Crippen LogP contribution >= 0.6 is 0 Å². The van der Waals surface area contributed by atoms with Crippen molar-refractivity contribution in [1.29, 1.82) is 0 Å². The van der Waals surface area contributed by atoms with Gasteiger partial charge in [0.25, 0.3) is 5.91 Å². The van der Waals surface area contributed by atoms with Gasteiger partial charge in [-0.2, -0.15) is 0 Å². The summed E-state index contributed by atoms with van der Waals surface area (Å²) in [6, 6.07) is 7.09. The molecule has 0 saturated carbocycles. The molecule has 3 N–H and O–H groups in total. The number of carbonyl (C=O) groups excluding carboxylic acids is 2. The van der Waals surface area contributed by atoms with Crippen molar-refractivity contribution >= 4 is 28.5 Å². The number of benzene rings is 1. The van der Waals surface area contributed by atoms with Crippen LogP contribution in [0.1, 0.15) is 29.8 Å². The highest BCUT2D eigenvalue weighted by atomic mass is 16.5. The molecule has 3 aromatic rings. The molecule has 3 rings (SSSR count). The molecule has 2 amide bonds. The Kier molecular flexibility index (Phi) is 6.01. The third kappa shape index (κ3) is 4.66. The van der Waals surface area contributed by atoms with Crippen LogP contribution < -0.4 is 20.1 Å². The molecule has 8 heteroatoms. The minimum Gasteiger partial charge on any atom is -0.493 e. The van der Waals surface area contributed by atoms with Crippen molar-refractivity contribution in [3.05, 3.63) is 47.8 Å². The molecule has 1 aromatic carbocycles. The molecular formula is C21H24N4O4. The third-order valence-corrected chi connectivity index (χ3v) is 4.29. The highest BCUT2D eigenvalue weighted by Gasteiger charge is 2.15. The van der Waals surface area contributed by atoms with Gasteiger partial charge in [-0.05, 0) is 37.6 Å². The molecule has 0 fully saturated rings. The molecule has 0 aliphatic carbocycles. The fraction of sp³-hybridized carbons (Fsp3) is 0.286. The topological polar surface area (TPSA) is 105 Å². The maximum atomic E-state index is 12.5. The Morgan fingerprint density at radius 3 is 2.59 bits per heavy atom. The summed E-state index contributed by atoms with van der Waals surface area (Å²) in [5.41, 5.74) is 2.36. The van der Waals surface area contributed by atoms with Gasteiger partial charge in [-0.15, -0.1) is 0 Å². The molecular weight excluding hydrogens is 372 g/mol. The van der Waals surface area contributed by atoms with E-state index in [2.05, 4.69) is 20.6 Å². The van der Waals surface area contributed by atoms with Crippen molar-refractivity contribution in [2.75, 3.05) is 19.5 Å². The predicted octanol–water partition coefficient (Wildman–Crippen LogP) is 2.90. The Bertz CT molecular complexity index is 1040. The molecule has 0 unspecified atom stereocenters. The Morgan fingerprint density at radius 1 is 1.14 bits per heavy atom. The minimum atomic E-state index is -0.206. The Hall–Kier alpha value is -3.55. The van der Waals surface area contributed by atoms with Gasteiger partial charge in [0.05, 0.1) is 38.1 Å². The van der Waals surface area contributed by atoms with Gasteiger partial charge in [-0.1, -0.05) is 6.07 Å². The summed E-state index contributed by atoms with van der Waals surface area (Å²) >= 11 is 0. The fourth-order valence-electron chi connectivity index (χ4n) is 2.98. The zero-order chi connectivity index (χ0) is 21.0. The zero-order valence-electron chi connectivity index (χ0n) is 16.8. The lowest BCUT2D eigenvalue weighted by Gasteiger charge is -2.10. The van der Waals surface area contributed by atoms with Crippen molar-refractivity contribution in [2.24, 2.45) is 0 Å². The molecule has 0 atom stereocenters. The number of H-pyrrole nitrogens is 1. The molecule has 0 saturated heterocycles. The predicted molar refractivity (Wildman–Crippen MR) is 111 cm³/mol. The first-order valence-electron chi connectivity index (χ1n) is 9.20. The molecule has 2 aromatic heterocycles. The van der Waals surface area contributed by atoms with Gasteiger partial charge in [0.1, 0.15) is 5.65 Å². The number of rotatable bonds is 7. The third-order valence-electron chi connectivity index (χ3n) is 4.29. The van der Waals surface area contributed by atoms with E-state index < -0.39 is 0 Å². The Morgan fingerprint density at radius 2 is 1.90 bits per heavy atom. The number of hydrogen-bond acceptors (Lipinski definition) is 5. The van der Waals surface area contributed by atoms with E-state index in [-0.39, 0.29) is 24.3 Å². The van der Waals surface area contributed by atoms with Crippen molar-refractivity contribution < 1.29 is 19.1 Å². The molecule has 0 aliphatic rings. The summed E-state index contributed by atoms with van der Waals surface area (Å²) in [6.07, 6.45) is 3.33. The van der Waals surface area contributed by atoms with E-state index in [4.69, 9.17) is 9.47 Å². The number of anilines is 1. The summed E-state index contributed by atoms with van der Waals surface area (Å²) in [5.74, 6) is 0.768. The second-order valence-electron chi connectivity index (χ2n) is 6.86. The van der Waals surface area contributed by atoms with Crippen LogP contribution in [0.25, 0.3) is 11.0 Å². The van der Waals surface area contributed by atoms with Gasteiger partial charge in [-0.3, -0.25) is 9.59 Å². The van der Waals surface area contributed by atoms with Gasteiger partial charge in [0.15, 0.2) is 11.5 Å². The second kappa shape index (κ2) is 8.64. The van der Waals surface area contributed by atoms with Crippen molar-refractivity contribution in [3.63, 3.8) is 0 Å². The average molecular weight is 396 g/mol. The highest BCUT2D eigenvalue weighted by Crippen LogP contribution is 2.28. The van der Waals surface area contributed by atoms with E-state index >= 15 is 0 Å². The lowest BCUT2D eigenvalue weighted by atomic mass is 10.1. The Balaban J connectivity index is 1.76. The molecule has 0 radical (unpaired) electrons. The molecule has 152 valence electrons. The van der Waals surface area contributed by atoms with Crippen LogP contribution in [-0.2, 0) is 11.2 Å². The SMILES string of the molecule is COc1ccc(CC(=O)Nc2cnc3[nH]cc(C(=O)NC(C)C)c3c2)cc1OC. The second-order valence-corrected chi connectivity index (χ2v) is 6.86. The summed E-state index contributed by atoms with van der Waals surface area (Å²) < 4.78 is 10.5. The van der Waals surface area contributed by atoms with Crippen LogP contribution in [-0.4, -0.2) is 42.0 Å². The monoisotopic (exact) mass is 396 g/mol. The molecule has 8 nitrogen and oxygen atoms in total. The normalized spacial score (nSPS) is 10.8. The number of methoxy groups -OCH3 is 2. The van der Waals surface area contributed by atoms with Gasteiger partial charge in [0, 0.05) is 17.6 Å². The van der Waals surface area contributed by atoms with Crippen molar-refractivity contribution in [3.8, 4) is 11.5 Å². The first-order valence-corrected chi connectivity index (χ1v) is 9.20. The van der Waals surface area contributed by atoms with E-state index in [1.807, 2.05) is 19.9 Å². The number of amides is 2. The zero-order valence-corrected chi connectivity index (χ0v) is 16.8. The molecule has 0 spiro atoms. The van der Waals surface area contributed by atoms with Crippen LogP contribution in [0.2, 0.25) is 0 Å². The van der Waals surface area contributed by atoms with Crippen LogP contribution in [0.4, 0.5) is 5.69 Å². The summed E-state index contributed by atoms with van der Waals surface area (Å²) in [7, 11) is 3.11. The van der Waals surface area contributed by atoms with E-state index in [9.17, 15) is 9.59 Å². The number of aromatic nitrogens is 2. The van der Waals surface area contributed by atoms with Crippen molar-refractivity contribution in [1.82, 2.24) is 15.3 Å². The lowest BCUT2D eigenvalue weighted by Crippen LogP contribution is -2.29. The number of pyridine rings is 1. The van der Waals surface area contributed by atoms with Gasteiger partial charge < -0.3 is 25.1 Å². The number of hydrogen-bond donors (Lipinski definition) is 3. The molecule has 0 bridgehead atoms. The standard InChI is InChI=1S/C21H24N4O4/c1-12(2)24-21(27)16-11-23-20-15(16)9-14(10-22-20)25-19(26)8-13-5-6-17(28-3)18(7-13)29-4/h5-7,9-12H,8H2,1-4H3,(H,22,23)(H,24,27)(H,25,26). The molecule has 29 heavy (non-hydrogen) atoms. The number of fused-ring (bicyclic) bond motifs is 1. The molecule has 2 heterocycles. The van der Waals surface area contributed by atoms with E-state index in [0.717, 1.165) is 5.56 Å². The first-order chi connectivity index (χ1) is 13.9. The maximum Gasteiger partial charge on any atom is 0.253 e. The van der Waals surface area contributed by atoms with Crippen LogP contribution in [0.3, 0.4) is 0 Å². The van der Waals surface area contributed by atoms with Crippen LogP contribution in [0, 0.1) is 0 Å². The van der Waals surface area contributed by atoms with Gasteiger partial charge >= 0.3 is 0 Å². The fourth-order valence-corrected chi connectivity index (χ4v) is 2.98. The average Bonchev–Trinajstić information content (AvgIpc) is 3.10. The van der Waals surface area contributed by atoms with E-state index in [1.54, 1.807) is 44.8 Å². The number of nitrogens with one attached hydrogen (secondary N) is 3. The van der Waals surface area contributed by atoms with Gasteiger partial charge in [0.2, 0.25) is 5.91 Å². The van der Waals surface area contributed by atoms with E-state index in [1.165, 1.54) is 0 Å². The number of aromatic amines is 1. The van der Waals surface area contributed by atoms with E-state index in [0.29, 0.717) is 33.8 Å². The van der Waals surface area contributed by atoms with Crippen molar-refractivity contribution in [2.45, 2.75) is 26.3 Å². The largest absolute Gasteiger partial charge is 0.493 e. The van der Waals surface area contributed by atoms with Crippen LogP contribution in [0.15, 0.2) is 36.7 Å². The number of nitrogens with zero attached hydrogens (tertiary/aromatic N) is 1. The highest BCUT2D eigenvalue weighted by molar-refractivity contribution is 6.07. The van der Waals surface area contributed by atoms with Crippen LogP contribution in [0.5, 0.6) is 11.5 Å². The lowest BCUT2D eigenvalue weighted by molar-refractivity contribution is -0.115. The first kappa shape index (κ1) is 20.2. The minimum absolute atomic E-state index is 0.0183.